The Morgan fingerprint density at radius 2 is 2.00 bits per heavy atom. The molecule has 0 aliphatic carbocycles. The highest BCUT2D eigenvalue weighted by Crippen LogP contribution is 2.18. The minimum Gasteiger partial charge on any atom is -0.260 e. The van der Waals surface area contributed by atoms with Crippen LogP contribution in [0.4, 0.5) is 13.2 Å². The number of hydrogen-bond acceptors (Lipinski definition) is 1. The van der Waals surface area contributed by atoms with Gasteiger partial charge in [0.15, 0.2) is 0 Å². The van der Waals surface area contributed by atoms with E-state index in [-0.39, 0.29) is 0 Å². The Kier molecular flexibility index (Phi) is 2.12. The molecule has 0 unspecified atom stereocenters. The fourth-order valence-corrected chi connectivity index (χ4v) is 0.869. The van der Waals surface area contributed by atoms with Gasteiger partial charge in [-0.25, -0.2) is 0 Å². The summed E-state index contributed by atoms with van der Waals surface area (Å²) < 4.78 is 36.6. The van der Waals surface area contributed by atoms with Crippen LogP contribution in [0.15, 0.2) is 6.20 Å². The van der Waals surface area contributed by atoms with Gasteiger partial charge in [0.25, 0.3) is 0 Å². The first-order chi connectivity index (χ1) is 5.40. The second kappa shape index (κ2) is 2.80. The molecule has 1 aromatic heterocycles. The number of rotatable bonds is 1. The largest absolute Gasteiger partial charge is 0.408 e. The highest BCUT2D eigenvalue weighted by molar-refractivity contribution is 5.13. The molecule has 1 aromatic rings. The van der Waals surface area contributed by atoms with Crippen molar-refractivity contribution in [3.05, 3.63) is 17.5 Å². The Balaban J connectivity index is 2.83. The summed E-state index contributed by atoms with van der Waals surface area (Å²) in [5.41, 5.74) is 1.34. The monoisotopic (exact) mass is 178 g/mol. The third-order valence-corrected chi connectivity index (χ3v) is 1.68. The van der Waals surface area contributed by atoms with Crippen molar-refractivity contribution in [2.75, 3.05) is 0 Å². The van der Waals surface area contributed by atoms with E-state index in [1.807, 2.05) is 0 Å². The van der Waals surface area contributed by atoms with Gasteiger partial charge in [0, 0.05) is 5.69 Å². The summed E-state index contributed by atoms with van der Waals surface area (Å²) in [7, 11) is 0. The topological polar surface area (TPSA) is 17.8 Å². The molecule has 0 spiro atoms. The average molecular weight is 178 g/mol. The normalized spacial score (nSPS) is 12.1. The molecule has 0 N–H and O–H groups in total. The Morgan fingerprint density at radius 1 is 1.42 bits per heavy atom. The standard InChI is InChI=1S/C7H9F3N2/c1-5-3-11-12(6(5)2)4-7(8,9)10/h3H,4H2,1-2H3. The number of nitrogens with zero attached hydrogens (tertiary/aromatic N) is 2. The first-order valence-corrected chi connectivity index (χ1v) is 3.46. The minimum atomic E-state index is -4.19. The summed E-state index contributed by atoms with van der Waals surface area (Å²) in [6, 6.07) is 0. The summed E-state index contributed by atoms with van der Waals surface area (Å²) in [6.45, 7) is 2.34. The van der Waals surface area contributed by atoms with E-state index in [1.165, 1.54) is 6.20 Å². The minimum absolute atomic E-state index is 0.562. The van der Waals surface area contributed by atoms with E-state index in [0.717, 1.165) is 10.2 Å². The Hall–Kier alpha value is -1.00. The molecular weight excluding hydrogens is 169 g/mol. The number of aromatic nitrogens is 2. The molecule has 5 heteroatoms. The van der Waals surface area contributed by atoms with Crippen LogP contribution in [-0.4, -0.2) is 16.0 Å². The number of alkyl halides is 3. The van der Waals surface area contributed by atoms with E-state index >= 15 is 0 Å². The molecule has 1 rings (SSSR count). The maximum atomic E-state index is 11.9. The predicted octanol–water partition coefficient (Wildman–Crippen LogP) is 2.06. The zero-order valence-corrected chi connectivity index (χ0v) is 6.81. The Labute approximate surface area is 68.0 Å². The lowest BCUT2D eigenvalue weighted by Gasteiger charge is -2.07. The lowest BCUT2D eigenvalue weighted by atomic mass is 10.3. The molecule has 0 fully saturated rings. The van der Waals surface area contributed by atoms with Crippen LogP contribution in [0, 0.1) is 13.8 Å². The van der Waals surface area contributed by atoms with Gasteiger partial charge in [0.05, 0.1) is 6.20 Å². The second-order valence-corrected chi connectivity index (χ2v) is 2.69. The maximum Gasteiger partial charge on any atom is 0.408 e. The van der Waals surface area contributed by atoms with Crippen LogP contribution in [0.3, 0.4) is 0 Å². The lowest BCUT2D eigenvalue weighted by Crippen LogP contribution is -2.19. The molecule has 12 heavy (non-hydrogen) atoms. The van der Waals surface area contributed by atoms with Gasteiger partial charge in [-0.2, -0.15) is 18.3 Å². The van der Waals surface area contributed by atoms with Crippen LogP contribution in [0.25, 0.3) is 0 Å². The van der Waals surface area contributed by atoms with Gasteiger partial charge in [0.2, 0.25) is 0 Å². The highest BCUT2D eigenvalue weighted by atomic mass is 19.4. The third kappa shape index (κ3) is 1.99. The maximum absolute atomic E-state index is 11.9. The number of halogens is 3. The van der Waals surface area contributed by atoms with Gasteiger partial charge in [-0.3, -0.25) is 4.68 Å². The van der Waals surface area contributed by atoms with Gasteiger partial charge in [-0.1, -0.05) is 0 Å². The van der Waals surface area contributed by atoms with Crippen molar-refractivity contribution in [3.63, 3.8) is 0 Å². The zero-order valence-electron chi connectivity index (χ0n) is 6.81. The third-order valence-electron chi connectivity index (χ3n) is 1.68. The van der Waals surface area contributed by atoms with Crippen LogP contribution in [0.5, 0.6) is 0 Å². The molecule has 0 aliphatic rings. The molecule has 0 radical (unpaired) electrons. The fourth-order valence-electron chi connectivity index (χ4n) is 0.869. The Bertz CT molecular complexity index is 275. The predicted molar refractivity (Wildman–Crippen MR) is 37.8 cm³/mol. The van der Waals surface area contributed by atoms with Crippen LogP contribution in [-0.2, 0) is 6.54 Å². The van der Waals surface area contributed by atoms with E-state index < -0.39 is 12.7 Å². The molecule has 0 aliphatic heterocycles. The summed E-state index contributed by atoms with van der Waals surface area (Å²) >= 11 is 0. The first kappa shape index (κ1) is 9.09. The van der Waals surface area contributed by atoms with Gasteiger partial charge < -0.3 is 0 Å². The molecular formula is C7H9F3N2. The molecule has 2 nitrogen and oxygen atoms in total. The van der Waals surface area contributed by atoms with Crippen molar-refractivity contribution >= 4 is 0 Å². The molecule has 0 atom stereocenters. The molecule has 1 heterocycles. The zero-order chi connectivity index (χ0) is 9.35. The van der Waals surface area contributed by atoms with Crippen molar-refractivity contribution < 1.29 is 13.2 Å². The fraction of sp³-hybridized carbons (Fsp3) is 0.571. The second-order valence-electron chi connectivity index (χ2n) is 2.69. The van der Waals surface area contributed by atoms with Crippen LogP contribution in [0.1, 0.15) is 11.3 Å². The number of aryl methyl sites for hydroxylation is 1. The van der Waals surface area contributed by atoms with E-state index in [2.05, 4.69) is 5.10 Å². The van der Waals surface area contributed by atoms with E-state index in [4.69, 9.17) is 0 Å². The summed E-state index contributed by atoms with van der Waals surface area (Å²) in [5.74, 6) is 0. The van der Waals surface area contributed by atoms with Crippen molar-refractivity contribution in [1.82, 2.24) is 9.78 Å². The molecule has 68 valence electrons. The van der Waals surface area contributed by atoms with Crippen LogP contribution >= 0.6 is 0 Å². The van der Waals surface area contributed by atoms with Crippen LogP contribution in [0.2, 0.25) is 0 Å². The molecule has 0 amide bonds. The average Bonchev–Trinajstić information content (AvgIpc) is 2.16. The molecule has 0 saturated heterocycles. The van der Waals surface area contributed by atoms with Crippen LogP contribution < -0.4 is 0 Å². The smallest absolute Gasteiger partial charge is 0.260 e. The lowest BCUT2D eigenvalue weighted by molar-refractivity contribution is -0.142. The summed E-state index contributed by atoms with van der Waals surface area (Å²) in [5, 5.41) is 3.60. The van der Waals surface area contributed by atoms with Gasteiger partial charge in [-0.15, -0.1) is 0 Å². The number of hydrogen-bond donors (Lipinski definition) is 0. The quantitative estimate of drug-likeness (QED) is 0.643. The summed E-state index contributed by atoms with van der Waals surface area (Å²) in [4.78, 5) is 0. The van der Waals surface area contributed by atoms with Crippen molar-refractivity contribution in [2.45, 2.75) is 26.6 Å². The molecule has 0 aromatic carbocycles. The molecule has 0 bridgehead atoms. The van der Waals surface area contributed by atoms with E-state index in [1.54, 1.807) is 13.8 Å². The Morgan fingerprint density at radius 3 is 2.33 bits per heavy atom. The van der Waals surface area contributed by atoms with E-state index in [0.29, 0.717) is 5.69 Å². The molecule has 0 saturated carbocycles. The van der Waals surface area contributed by atoms with Crippen molar-refractivity contribution in [2.24, 2.45) is 0 Å². The van der Waals surface area contributed by atoms with Crippen molar-refractivity contribution in [1.29, 1.82) is 0 Å². The first-order valence-electron chi connectivity index (χ1n) is 3.46. The van der Waals surface area contributed by atoms with Gasteiger partial charge >= 0.3 is 6.18 Å². The van der Waals surface area contributed by atoms with Gasteiger partial charge in [0.1, 0.15) is 6.54 Å². The van der Waals surface area contributed by atoms with E-state index in [9.17, 15) is 13.2 Å². The highest BCUT2D eigenvalue weighted by Gasteiger charge is 2.29. The van der Waals surface area contributed by atoms with Gasteiger partial charge in [-0.05, 0) is 19.4 Å². The SMILES string of the molecule is Cc1cnn(CC(F)(F)F)c1C. The summed E-state index contributed by atoms with van der Waals surface area (Å²) in [6.07, 6.45) is -2.76. The van der Waals surface area contributed by atoms with Crippen molar-refractivity contribution in [3.8, 4) is 0 Å².